The Hall–Kier alpha value is -2.35. The van der Waals surface area contributed by atoms with Crippen LogP contribution in [0.25, 0.3) is 0 Å². The summed E-state index contributed by atoms with van der Waals surface area (Å²) in [6.07, 6.45) is 3.39. The zero-order valence-corrected chi connectivity index (χ0v) is 11.4. The second-order valence-corrected chi connectivity index (χ2v) is 4.87. The van der Waals surface area contributed by atoms with Crippen LogP contribution in [0.15, 0.2) is 35.7 Å². The summed E-state index contributed by atoms with van der Waals surface area (Å²) in [5, 5.41) is 3.17. The molecule has 0 saturated carbocycles. The Balaban J connectivity index is 1.80. The number of hydrogen-bond acceptors (Lipinski definition) is 7. The fourth-order valence-corrected chi connectivity index (χ4v) is 2.11. The second kappa shape index (κ2) is 6.71. The van der Waals surface area contributed by atoms with Crippen LogP contribution in [0.5, 0.6) is 0 Å². The van der Waals surface area contributed by atoms with Gasteiger partial charge in [0.05, 0.1) is 5.75 Å². The van der Waals surface area contributed by atoms with E-state index in [9.17, 15) is 4.79 Å². The number of pyridine rings is 1. The smallest absolute Gasteiger partial charge is 0.230 e. The number of aromatic nitrogens is 3. The number of carbonyl (C=O) groups is 1. The van der Waals surface area contributed by atoms with Gasteiger partial charge in [0.1, 0.15) is 11.6 Å². The molecule has 7 nitrogen and oxygen atoms in total. The molecule has 2 rings (SSSR count). The number of nitrogen functional groups attached to an aromatic ring is 2. The van der Waals surface area contributed by atoms with Crippen LogP contribution >= 0.6 is 11.8 Å². The molecular weight excluding hydrogens is 276 g/mol. The van der Waals surface area contributed by atoms with Crippen LogP contribution in [-0.2, 0) is 11.3 Å². The maximum absolute atomic E-state index is 11.7. The summed E-state index contributed by atoms with van der Waals surface area (Å²) in [6.45, 7) is 0.438. The van der Waals surface area contributed by atoms with Crippen LogP contribution in [0.2, 0.25) is 0 Å². The molecule has 2 aromatic heterocycles. The lowest BCUT2D eigenvalue weighted by Gasteiger charge is -2.05. The number of nitrogens with one attached hydrogen (secondary N) is 1. The van der Waals surface area contributed by atoms with Crippen molar-refractivity contribution in [3.8, 4) is 0 Å². The maximum atomic E-state index is 11.7. The third-order valence-corrected chi connectivity index (χ3v) is 3.14. The van der Waals surface area contributed by atoms with Crippen molar-refractivity contribution in [2.24, 2.45) is 0 Å². The van der Waals surface area contributed by atoms with Gasteiger partial charge in [0.2, 0.25) is 5.91 Å². The molecule has 0 spiro atoms. The molecule has 8 heteroatoms. The van der Waals surface area contributed by atoms with E-state index in [-0.39, 0.29) is 23.3 Å². The molecule has 0 fully saturated rings. The van der Waals surface area contributed by atoms with Crippen molar-refractivity contribution >= 4 is 29.3 Å². The van der Waals surface area contributed by atoms with Gasteiger partial charge < -0.3 is 16.8 Å². The molecule has 0 aromatic carbocycles. The van der Waals surface area contributed by atoms with Gasteiger partial charge in [-0.15, -0.1) is 0 Å². The van der Waals surface area contributed by atoms with E-state index in [1.165, 1.54) is 17.8 Å². The molecule has 0 aliphatic heterocycles. The molecule has 0 saturated heterocycles. The fourth-order valence-electron chi connectivity index (χ4n) is 1.41. The molecule has 0 unspecified atom stereocenters. The highest BCUT2D eigenvalue weighted by Gasteiger charge is 2.06. The van der Waals surface area contributed by atoms with E-state index in [1.54, 1.807) is 12.4 Å². The topological polar surface area (TPSA) is 120 Å². The van der Waals surface area contributed by atoms with Crippen molar-refractivity contribution in [3.63, 3.8) is 0 Å². The van der Waals surface area contributed by atoms with Gasteiger partial charge in [0.25, 0.3) is 0 Å². The summed E-state index contributed by atoms with van der Waals surface area (Å²) in [4.78, 5) is 23.6. The first-order chi connectivity index (χ1) is 9.63. The molecule has 1 amide bonds. The largest absolute Gasteiger partial charge is 0.383 e. The fraction of sp³-hybridized carbons (Fsp3) is 0.167. The number of carbonyl (C=O) groups excluding carboxylic acids is 1. The van der Waals surface area contributed by atoms with Crippen molar-refractivity contribution in [2.75, 3.05) is 17.2 Å². The van der Waals surface area contributed by atoms with E-state index < -0.39 is 0 Å². The Morgan fingerprint density at radius 2 is 2.05 bits per heavy atom. The highest BCUT2D eigenvalue weighted by Crippen LogP contribution is 2.15. The molecule has 0 aliphatic carbocycles. The monoisotopic (exact) mass is 290 g/mol. The number of nitrogens with two attached hydrogens (primary N) is 2. The molecule has 5 N–H and O–H groups in total. The Kier molecular flexibility index (Phi) is 4.72. The lowest BCUT2D eigenvalue weighted by molar-refractivity contribution is -0.118. The zero-order valence-electron chi connectivity index (χ0n) is 10.6. The minimum absolute atomic E-state index is 0.122. The lowest BCUT2D eigenvalue weighted by atomic mass is 10.3. The number of anilines is 2. The van der Waals surface area contributed by atoms with E-state index in [0.717, 1.165) is 5.56 Å². The van der Waals surface area contributed by atoms with E-state index in [2.05, 4.69) is 20.3 Å². The Morgan fingerprint density at radius 3 is 2.70 bits per heavy atom. The SMILES string of the molecule is Nc1cc(N)nc(SCC(=O)NCc2cccnc2)n1. The van der Waals surface area contributed by atoms with Crippen LogP contribution in [0, 0.1) is 0 Å². The van der Waals surface area contributed by atoms with Gasteiger partial charge >= 0.3 is 0 Å². The number of hydrogen-bond donors (Lipinski definition) is 3. The summed E-state index contributed by atoms with van der Waals surface area (Å²) >= 11 is 1.18. The summed E-state index contributed by atoms with van der Waals surface area (Å²) in [6, 6.07) is 5.17. The molecule has 2 heterocycles. The van der Waals surface area contributed by atoms with E-state index in [4.69, 9.17) is 11.5 Å². The van der Waals surface area contributed by atoms with Crippen molar-refractivity contribution in [3.05, 3.63) is 36.2 Å². The second-order valence-electron chi connectivity index (χ2n) is 3.93. The van der Waals surface area contributed by atoms with Gasteiger partial charge in [-0.2, -0.15) is 0 Å². The zero-order chi connectivity index (χ0) is 14.4. The average molecular weight is 290 g/mol. The van der Waals surface area contributed by atoms with Gasteiger partial charge in [0, 0.05) is 25.0 Å². The van der Waals surface area contributed by atoms with Gasteiger partial charge in [-0.1, -0.05) is 17.8 Å². The highest BCUT2D eigenvalue weighted by molar-refractivity contribution is 7.99. The van der Waals surface area contributed by atoms with Crippen LogP contribution in [0.4, 0.5) is 11.6 Å². The summed E-state index contributed by atoms with van der Waals surface area (Å²) in [7, 11) is 0. The number of amides is 1. The van der Waals surface area contributed by atoms with Gasteiger partial charge in [-0.05, 0) is 11.6 Å². The van der Waals surface area contributed by atoms with Crippen LogP contribution in [0.3, 0.4) is 0 Å². The first kappa shape index (κ1) is 14.1. The molecule has 0 radical (unpaired) electrons. The van der Waals surface area contributed by atoms with Crippen molar-refractivity contribution in [1.29, 1.82) is 0 Å². The third kappa shape index (κ3) is 4.39. The Bertz CT molecular complexity index is 572. The van der Waals surface area contributed by atoms with Gasteiger partial charge in [-0.3, -0.25) is 9.78 Å². The molecule has 20 heavy (non-hydrogen) atoms. The van der Waals surface area contributed by atoms with Crippen molar-refractivity contribution < 1.29 is 4.79 Å². The predicted octanol–water partition coefficient (Wildman–Crippen LogP) is 0.444. The number of thioether (sulfide) groups is 1. The molecular formula is C12H14N6OS. The van der Waals surface area contributed by atoms with Gasteiger partial charge in [-0.25, -0.2) is 9.97 Å². The first-order valence-electron chi connectivity index (χ1n) is 5.82. The highest BCUT2D eigenvalue weighted by atomic mass is 32.2. The van der Waals surface area contributed by atoms with E-state index in [1.807, 2.05) is 12.1 Å². The van der Waals surface area contributed by atoms with E-state index in [0.29, 0.717) is 11.7 Å². The standard InChI is InChI=1S/C12H14N6OS/c13-9-4-10(14)18-12(17-9)20-7-11(19)16-6-8-2-1-3-15-5-8/h1-5H,6-7H2,(H,16,19)(H4,13,14,17,18). The maximum Gasteiger partial charge on any atom is 0.230 e. The number of nitrogens with zero attached hydrogens (tertiary/aromatic N) is 3. The third-order valence-electron chi connectivity index (χ3n) is 2.29. The Morgan fingerprint density at radius 1 is 1.30 bits per heavy atom. The lowest BCUT2D eigenvalue weighted by Crippen LogP contribution is -2.24. The van der Waals surface area contributed by atoms with Crippen molar-refractivity contribution in [2.45, 2.75) is 11.7 Å². The van der Waals surface area contributed by atoms with Gasteiger partial charge in [0.15, 0.2) is 5.16 Å². The van der Waals surface area contributed by atoms with Crippen LogP contribution in [-0.4, -0.2) is 26.6 Å². The molecule has 0 bridgehead atoms. The quantitative estimate of drug-likeness (QED) is 0.540. The first-order valence-corrected chi connectivity index (χ1v) is 6.80. The van der Waals surface area contributed by atoms with Crippen LogP contribution < -0.4 is 16.8 Å². The predicted molar refractivity (Wildman–Crippen MR) is 77.7 cm³/mol. The average Bonchev–Trinajstić information content (AvgIpc) is 2.43. The summed E-state index contributed by atoms with van der Waals surface area (Å²) < 4.78 is 0. The number of rotatable bonds is 5. The van der Waals surface area contributed by atoms with E-state index >= 15 is 0 Å². The Labute approximate surface area is 120 Å². The molecule has 2 aromatic rings. The minimum Gasteiger partial charge on any atom is -0.383 e. The van der Waals surface area contributed by atoms with Crippen LogP contribution in [0.1, 0.15) is 5.56 Å². The summed E-state index contributed by atoms with van der Waals surface area (Å²) in [5.74, 6) is 0.651. The normalized spacial score (nSPS) is 10.2. The molecule has 0 aliphatic rings. The molecule has 104 valence electrons. The summed E-state index contributed by atoms with van der Waals surface area (Å²) in [5.41, 5.74) is 12.0. The minimum atomic E-state index is -0.122. The molecule has 0 atom stereocenters. The van der Waals surface area contributed by atoms with Crippen molar-refractivity contribution in [1.82, 2.24) is 20.3 Å².